The molecule has 34 heavy (non-hydrogen) atoms. The summed E-state index contributed by atoms with van der Waals surface area (Å²) in [7, 11) is 1.55. The third kappa shape index (κ3) is 3.51. The van der Waals surface area contributed by atoms with Crippen LogP contribution in [0, 0.1) is 0 Å². The van der Waals surface area contributed by atoms with E-state index >= 15 is 0 Å². The van der Waals surface area contributed by atoms with Crippen molar-refractivity contribution in [2.45, 2.75) is 6.92 Å². The molecule has 0 atom stereocenters. The summed E-state index contributed by atoms with van der Waals surface area (Å²) in [4.78, 5) is 56.9. The lowest BCUT2D eigenvalue weighted by Gasteiger charge is -2.19. The number of amides is 2. The lowest BCUT2D eigenvalue weighted by Crippen LogP contribution is -2.33. The van der Waals surface area contributed by atoms with Gasteiger partial charge in [0.05, 0.1) is 5.56 Å². The maximum absolute atomic E-state index is 13.3. The first-order chi connectivity index (χ1) is 16.3. The predicted octanol–water partition coefficient (Wildman–Crippen LogP) is 2.12. The van der Waals surface area contributed by atoms with E-state index in [4.69, 9.17) is 14.2 Å². The van der Waals surface area contributed by atoms with E-state index in [-0.39, 0.29) is 35.3 Å². The maximum atomic E-state index is 13.3. The zero-order chi connectivity index (χ0) is 24.0. The molecule has 3 heterocycles. The van der Waals surface area contributed by atoms with E-state index in [1.54, 1.807) is 43.5 Å². The molecule has 0 aromatic heterocycles. The van der Waals surface area contributed by atoms with Crippen LogP contribution in [0.4, 0.5) is 0 Å². The summed E-state index contributed by atoms with van der Waals surface area (Å²) in [6.07, 6.45) is 2.64. The van der Waals surface area contributed by atoms with Gasteiger partial charge in [-0.15, -0.1) is 0 Å². The van der Waals surface area contributed by atoms with Crippen molar-refractivity contribution in [3.05, 3.63) is 71.1 Å². The quantitative estimate of drug-likeness (QED) is 0.290. The molecule has 0 N–H and O–H groups in total. The number of hydrogen-bond donors (Lipinski definition) is 0. The van der Waals surface area contributed by atoms with Gasteiger partial charge in [0.25, 0.3) is 5.91 Å². The zero-order valence-corrected chi connectivity index (χ0v) is 18.1. The van der Waals surface area contributed by atoms with Gasteiger partial charge in [-0.1, -0.05) is 18.2 Å². The van der Waals surface area contributed by atoms with E-state index in [0.717, 1.165) is 11.1 Å². The standard InChI is InChI=1S/C24H17N3O7/c1-13(28)25-24-26(2)17(9-14-7-8-19-20(10-14)33-12-32-19)22(30)27(24)11-16-21(29)15-5-3-4-6-18(15)34-23(16)31/h3-11H,12H2,1-2H3/b16-11-,17-9+,25-24?. The topological polar surface area (TPSA) is 115 Å². The van der Waals surface area contributed by atoms with E-state index in [0.29, 0.717) is 17.1 Å². The van der Waals surface area contributed by atoms with Gasteiger partial charge < -0.3 is 19.1 Å². The van der Waals surface area contributed by atoms with Crippen LogP contribution in [-0.4, -0.2) is 53.2 Å². The van der Waals surface area contributed by atoms with Gasteiger partial charge in [0.15, 0.2) is 11.5 Å². The normalized spacial score (nSPS) is 20.4. The number of ketones is 1. The Bertz CT molecular complexity index is 1370. The second kappa shape index (κ2) is 8.00. The van der Waals surface area contributed by atoms with Crippen molar-refractivity contribution in [1.29, 1.82) is 0 Å². The molecule has 0 spiro atoms. The number of guanidine groups is 1. The van der Waals surface area contributed by atoms with E-state index in [1.165, 1.54) is 24.0 Å². The fraction of sp³-hybridized carbons (Fsp3) is 0.125. The van der Waals surface area contributed by atoms with Gasteiger partial charge in [-0.2, -0.15) is 4.99 Å². The van der Waals surface area contributed by atoms with Crippen molar-refractivity contribution in [2.75, 3.05) is 13.8 Å². The van der Waals surface area contributed by atoms with Gasteiger partial charge in [0.2, 0.25) is 24.4 Å². The van der Waals surface area contributed by atoms with Crippen LogP contribution in [-0.2, 0) is 14.4 Å². The summed E-state index contributed by atoms with van der Waals surface area (Å²) in [6, 6.07) is 11.5. The van der Waals surface area contributed by atoms with Crippen LogP contribution >= 0.6 is 0 Å². The lowest BCUT2D eigenvalue weighted by molar-refractivity contribution is -0.130. The number of carbonyl (C=O) groups excluding carboxylic acids is 4. The summed E-state index contributed by atoms with van der Waals surface area (Å²) in [5.41, 5.74) is 0.626. The molecular formula is C24H17N3O7. The number of carbonyl (C=O) groups is 4. The number of ether oxygens (including phenoxy) is 3. The highest BCUT2D eigenvalue weighted by Gasteiger charge is 2.39. The maximum Gasteiger partial charge on any atom is 0.349 e. The Morgan fingerprint density at radius 3 is 2.59 bits per heavy atom. The molecule has 2 amide bonds. The number of esters is 1. The number of para-hydroxylation sites is 1. The van der Waals surface area contributed by atoms with Crippen LogP contribution in [0.1, 0.15) is 22.8 Å². The number of rotatable bonds is 2. The minimum absolute atomic E-state index is 0.0588. The highest BCUT2D eigenvalue weighted by molar-refractivity contribution is 6.28. The highest BCUT2D eigenvalue weighted by atomic mass is 16.7. The van der Waals surface area contributed by atoms with Crippen molar-refractivity contribution in [3.63, 3.8) is 0 Å². The smallest absolute Gasteiger partial charge is 0.349 e. The molecule has 1 fully saturated rings. The minimum atomic E-state index is -0.908. The molecule has 5 rings (SSSR count). The molecule has 2 aromatic rings. The van der Waals surface area contributed by atoms with Crippen LogP contribution in [0.5, 0.6) is 17.2 Å². The second-order valence-electron chi connectivity index (χ2n) is 7.56. The Labute approximate surface area is 193 Å². The largest absolute Gasteiger partial charge is 0.454 e. The molecule has 2 aromatic carbocycles. The lowest BCUT2D eigenvalue weighted by atomic mass is 10.0. The number of fused-ring (bicyclic) bond motifs is 2. The molecule has 3 aliphatic rings. The fourth-order valence-electron chi connectivity index (χ4n) is 3.71. The van der Waals surface area contributed by atoms with Gasteiger partial charge in [-0.25, -0.2) is 4.79 Å². The summed E-state index contributed by atoms with van der Waals surface area (Å²) < 4.78 is 15.9. The molecule has 3 aliphatic heterocycles. The highest BCUT2D eigenvalue weighted by Crippen LogP contribution is 2.34. The first kappa shape index (κ1) is 21.1. The van der Waals surface area contributed by atoms with Crippen molar-refractivity contribution in [3.8, 4) is 17.2 Å². The minimum Gasteiger partial charge on any atom is -0.454 e. The number of aliphatic imine (C=N–C) groups is 1. The Morgan fingerprint density at radius 2 is 1.79 bits per heavy atom. The van der Waals surface area contributed by atoms with Gasteiger partial charge in [-0.05, 0) is 35.9 Å². The molecule has 1 saturated heterocycles. The number of likely N-dealkylation sites (N-methyl/N-ethyl adjacent to an activating group) is 1. The molecule has 0 saturated carbocycles. The summed E-state index contributed by atoms with van der Waals surface area (Å²) in [5.74, 6) is -1.46. The van der Waals surface area contributed by atoms with Crippen molar-refractivity contribution < 1.29 is 33.4 Å². The Balaban J connectivity index is 1.56. The van der Waals surface area contributed by atoms with E-state index in [9.17, 15) is 19.2 Å². The first-order valence-corrected chi connectivity index (χ1v) is 10.2. The molecule has 170 valence electrons. The van der Waals surface area contributed by atoms with Gasteiger partial charge in [0.1, 0.15) is 17.0 Å². The second-order valence-corrected chi connectivity index (χ2v) is 7.56. The number of benzene rings is 2. The van der Waals surface area contributed by atoms with Crippen molar-refractivity contribution in [2.24, 2.45) is 4.99 Å². The van der Waals surface area contributed by atoms with Crippen molar-refractivity contribution >= 4 is 35.6 Å². The first-order valence-electron chi connectivity index (χ1n) is 10.2. The fourth-order valence-corrected chi connectivity index (χ4v) is 3.71. The Kier molecular flexibility index (Phi) is 4.97. The van der Waals surface area contributed by atoms with Crippen LogP contribution < -0.4 is 14.2 Å². The average Bonchev–Trinajstić information content (AvgIpc) is 3.35. The van der Waals surface area contributed by atoms with Crippen LogP contribution in [0.25, 0.3) is 6.08 Å². The molecular weight excluding hydrogens is 442 g/mol. The van der Waals surface area contributed by atoms with E-state index < -0.39 is 23.6 Å². The van der Waals surface area contributed by atoms with E-state index in [1.807, 2.05) is 0 Å². The van der Waals surface area contributed by atoms with Crippen LogP contribution in [0.2, 0.25) is 0 Å². The van der Waals surface area contributed by atoms with E-state index in [2.05, 4.69) is 4.99 Å². The van der Waals surface area contributed by atoms with Crippen LogP contribution in [0.3, 0.4) is 0 Å². The molecule has 0 aliphatic carbocycles. The molecule has 10 heteroatoms. The summed E-state index contributed by atoms with van der Waals surface area (Å²) in [5, 5.41) is 0. The molecule has 10 nitrogen and oxygen atoms in total. The molecule has 0 radical (unpaired) electrons. The average molecular weight is 459 g/mol. The van der Waals surface area contributed by atoms with Gasteiger partial charge in [0, 0.05) is 20.2 Å². The van der Waals surface area contributed by atoms with Crippen molar-refractivity contribution in [1.82, 2.24) is 9.80 Å². The zero-order valence-electron chi connectivity index (χ0n) is 18.1. The predicted molar refractivity (Wildman–Crippen MR) is 118 cm³/mol. The Morgan fingerprint density at radius 1 is 1.03 bits per heavy atom. The number of hydrogen-bond acceptors (Lipinski definition) is 7. The number of nitrogens with zero attached hydrogens (tertiary/aromatic N) is 3. The summed E-state index contributed by atoms with van der Waals surface area (Å²) >= 11 is 0. The van der Waals surface area contributed by atoms with Gasteiger partial charge >= 0.3 is 5.97 Å². The number of Topliss-reactive ketones (excluding diaryl/α,β-unsaturated/α-hetero) is 1. The van der Waals surface area contributed by atoms with Gasteiger partial charge in [-0.3, -0.25) is 19.3 Å². The molecule has 0 bridgehead atoms. The third-order valence-corrected chi connectivity index (χ3v) is 5.33. The SMILES string of the molecule is CC(=O)N=C1N(/C=C2\C(=O)Oc3ccccc3C2=O)C(=O)/C(=C\c2ccc3c(c2)OCO3)N1C. The molecule has 0 unspecified atom stereocenters. The Hall–Kier alpha value is -4.73. The third-order valence-electron chi connectivity index (χ3n) is 5.33. The monoisotopic (exact) mass is 459 g/mol. The van der Waals surface area contributed by atoms with Crippen LogP contribution in [0.15, 0.2) is 64.9 Å². The summed E-state index contributed by atoms with van der Waals surface area (Å²) in [6.45, 7) is 1.34.